The number of oxime groups is 1. The molecule has 0 spiro atoms. The predicted molar refractivity (Wildman–Crippen MR) is 62.4 cm³/mol. The van der Waals surface area contributed by atoms with Crippen molar-refractivity contribution in [2.75, 3.05) is 6.61 Å². The molecule has 2 N–H and O–H groups in total. The van der Waals surface area contributed by atoms with E-state index in [9.17, 15) is 9.90 Å². The fourth-order valence-electron chi connectivity index (χ4n) is 1.40. The van der Waals surface area contributed by atoms with Crippen LogP contribution in [-0.2, 0) is 16.0 Å². The maximum absolute atomic E-state index is 11.1. The van der Waals surface area contributed by atoms with E-state index in [4.69, 9.17) is 9.94 Å². The quantitative estimate of drug-likeness (QED) is 0.353. The zero-order valence-electron chi connectivity index (χ0n) is 9.59. The lowest BCUT2D eigenvalue weighted by Gasteiger charge is -2.04. The zero-order chi connectivity index (χ0) is 12.7. The van der Waals surface area contributed by atoms with Gasteiger partial charge in [-0.05, 0) is 31.0 Å². The highest BCUT2D eigenvalue weighted by Crippen LogP contribution is 2.18. The van der Waals surface area contributed by atoms with Gasteiger partial charge in [0.25, 0.3) is 0 Å². The summed E-state index contributed by atoms with van der Waals surface area (Å²) in [5.74, 6) is -0.239. The van der Waals surface area contributed by atoms with Crippen LogP contribution in [0.1, 0.15) is 24.5 Å². The Balaban J connectivity index is 2.61. The highest BCUT2D eigenvalue weighted by Gasteiger charge is 2.05. The zero-order valence-corrected chi connectivity index (χ0v) is 9.59. The molecule has 17 heavy (non-hydrogen) atoms. The molecule has 1 rings (SSSR count). The van der Waals surface area contributed by atoms with Gasteiger partial charge in [0.05, 0.1) is 12.8 Å². The van der Waals surface area contributed by atoms with Gasteiger partial charge in [-0.15, -0.1) is 0 Å². The second kappa shape index (κ2) is 6.52. The van der Waals surface area contributed by atoms with Crippen molar-refractivity contribution in [1.82, 2.24) is 0 Å². The molecular formula is C12H15NO4. The monoisotopic (exact) mass is 237 g/mol. The second-order valence-corrected chi connectivity index (χ2v) is 3.44. The van der Waals surface area contributed by atoms with Crippen LogP contribution in [0.25, 0.3) is 0 Å². The summed E-state index contributed by atoms with van der Waals surface area (Å²) in [6.45, 7) is 2.13. The van der Waals surface area contributed by atoms with Crippen LogP contribution in [0.4, 0.5) is 0 Å². The molecule has 0 bridgehead atoms. The third-order valence-electron chi connectivity index (χ3n) is 2.21. The minimum atomic E-state index is -0.256. The van der Waals surface area contributed by atoms with Crippen LogP contribution >= 0.6 is 0 Å². The molecule has 1 aromatic carbocycles. The van der Waals surface area contributed by atoms with E-state index in [1.54, 1.807) is 19.1 Å². The molecule has 0 unspecified atom stereocenters. The number of carbonyl (C=O) groups is 1. The largest absolute Gasteiger partial charge is 0.507 e. The molecule has 0 saturated carbocycles. The maximum Gasteiger partial charge on any atom is 0.306 e. The normalized spacial score (nSPS) is 10.6. The number of aromatic hydroxyl groups is 1. The van der Waals surface area contributed by atoms with Crippen LogP contribution in [-0.4, -0.2) is 29.1 Å². The van der Waals surface area contributed by atoms with E-state index < -0.39 is 0 Å². The standard InChI is InChI=1S/C12H15NO4/c1-2-17-12(15)6-4-9-3-5-10(8-13-16)11(14)7-9/h3,5,7-8,14,16H,2,4,6H2,1H3/b13-8-. The minimum Gasteiger partial charge on any atom is -0.507 e. The summed E-state index contributed by atoms with van der Waals surface area (Å²) in [7, 11) is 0. The van der Waals surface area contributed by atoms with Crippen molar-refractivity contribution >= 4 is 12.2 Å². The van der Waals surface area contributed by atoms with Crippen molar-refractivity contribution in [3.63, 3.8) is 0 Å². The van der Waals surface area contributed by atoms with Crippen LogP contribution in [0.5, 0.6) is 5.75 Å². The van der Waals surface area contributed by atoms with Gasteiger partial charge in [-0.25, -0.2) is 0 Å². The molecule has 0 amide bonds. The van der Waals surface area contributed by atoms with Crippen LogP contribution in [0.3, 0.4) is 0 Å². The Hall–Kier alpha value is -2.04. The molecule has 0 aliphatic heterocycles. The van der Waals surface area contributed by atoms with Gasteiger partial charge >= 0.3 is 5.97 Å². The molecule has 5 nitrogen and oxygen atoms in total. The van der Waals surface area contributed by atoms with Crippen molar-refractivity contribution in [3.8, 4) is 5.75 Å². The number of esters is 1. The number of phenolic OH excluding ortho intramolecular Hbond substituents is 1. The number of ether oxygens (including phenoxy) is 1. The maximum atomic E-state index is 11.1. The molecule has 5 heteroatoms. The number of benzene rings is 1. The lowest BCUT2D eigenvalue weighted by molar-refractivity contribution is -0.143. The van der Waals surface area contributed by atoms with E-state index in [2.05, 4.69) is 5.16 Å². The van der Waals surface area contributed by atoms with Crippen molar-refractivity contribution in [2.24, 2.45) is 5.16 Å². The van der Waals surface area contributed by atoms with Gasteiger partial charge in [0.1, 0.15) is 5.75 Å². The number of carbonyl (C=O) groups excluding carboxylic acids is 1. The van der Waals surface area contributed by atoms with Crippen molar-refractivity contribution < 1.29 is 19.8 Å². The van der Waals surface area contributed by atoms with Crippen LogP contribution in [0, 0.1) is 0 Å². The van der Waals surface area contributed by atoms with Gasteiger partial charge in [0, 0.05) is 12.0 Å². The van der Waals surface area contributed by atoms with Gasteiger partial charge in [0.15, 0.2) is 0 Å². The molecule has 0 atom stereocenters. The number of aryl methyl sites for hydroxylation is 1. The van der Waals surface area contributed by atoms with Gasteiger partial charge in [-0.3, -0.25) is 4.79 Å². The van der Waals surface area contributed by atoms with Crippen molar-refractivity contribution in [1.29, 1.82) is 0 Å². The third-order valence-corrected chi connectivity index (χ3v) is 2.21. The molecule has 0 radical (unpaired) electrons. The fraction of sp³-hybridized carbons (Fsp3) is 0.333. The molecule has 0 fully saturated rings. The number of phenols is 1. The predicted octanol–water partition coefficient (Wildman–Crippen LogP) is 1.70. The topological polar surface area (TPSA) is 79.1 Å². The Kier molecular flexibility index (Phi) is 5.00. The average molecular weight is 237 g/mol. The molecule has 0 aliphatic rings. The summed E-state index contributed by atoms with van der Waals surface area (Å²) < 4.78 is 4.80. The molecule has 0 heterocycles. The van der Waals surface area contributed by atoms with Crippen LogP contribution < -0.4 is 0 Å². The molecule has 0 aromatic heterocycles. The lowest BCUT2D eigenvalue weighted by atomic mass is 10.1. The Bertz CT molecular complexity index is 415. The summed E-state index contributed by atoms with van der Waals surface area (Å²) >= 11 is 0. The first kappa shape index (κ1) is 13.0. The van der Waals surface area contributed by atoms with E-state index in [0.29, 0.717) is 18.6 Å². The first-order valence-electron chi connectivity index (χ1n) is 5.32. The first-order valence-corrected chi connectivity index (χ1v) is 5.32. The van der Waals surface area contributed by atoms with Gasteiger partial charge in [0.2, 0.25) is 0 Å². The number of rotatable bonds is 5. The Morgan fingerprint density at radius 2 is 2.29 bits per heavy atom. The summed E-state index contributed by atoms with van der Waals surface area (Å²) in [6.07, 6.45) is 1.92. The van der Waals surface area contributed by atoms with E-state index in [0.717, 1.165) is 11.8 Å². The van der Waals surface area contributed by atoms with E-state index >= 15 is 0 Å². The fourth-order valence-corrected chi connectivity index (χ4v) is 1.40. The summed E-state index contributed by atoms with van der Waals surface area (Å²) in [5, 5.41) is 20.8. The molecule has 1 aromatic rings. The Morgan fingerprint density at radius 3 is 2.88 bits per heavy atom. The molecular weight excluding hydrogens is 222 g/mol. The third kappa shape index (κ3) is 4.14. The number of hydrogen-bond donors (Lipinski definition) is 2. The summed E-state index contributed by atoms with van der Waals surface area (Å²) in [6, 6.07) is 4.92. The van der Waals surface area contributed by atoms with Gasteiger partial charge in [-0.2, -0.15) is 0 Å². The minimum absolute atomic E-state index is 0.0177. The van der Waals surface area contributed by atoms with Crippen LogP contribution in [0.15, 0.2) is 23.4 Å². The average Bonchev–Trinajstić information content (AvgIpc) is 2.30. The van der Waals surface area contributed by atoms with E-state index in [1.807, 2.05) is 0 Å². The van der Waals surface area contributed by atoms with Crippen molar-refractivity contribution in [3.05, 3.63) is 29.3 Å². The summed E-state index contributed by atoms with van der Waals surface area (Å²) in [5.41, 5.74) is 1.25. The molecule has 0 saturated heterocycles. The Morgan fingerprint density at radius 1 is 1.53 bits per heavy atom. The first-order chi connectivity index (χ1) is 8.17. The highest BCUT2D eigenvalue weighted by molar-refractivity contribution is 5.83. The van der Waals surface area contributed by atoms with Gasteiger partial charge in [-0.1, -0.05) is 11.2 Å². The van der Waals surface area contributed by atoms with E-state index in [1.165, 1.54) is 6.07 Å². The SMILES string of the molecule is CCOC(=O)CCc1ccc(/C=N\O)c(O)c1. The lowest BCUT2D eigenvalue weighted by Crippen LogP contribution is -2.05. The Labute approximate surface area is 99.3 Å². The smallest absolute Gasteiger partial charge is 0.306 e. The highest BCUT2D eigenvalue weighted by atomic mass is 16.5. The molecule has 0 aliphatic carbocycles. The number of hydrogen-bond acceptors (Lipinski definition) is 5. The van der Waals surface area contributed by atoms with Crippen LogP contribution in [0.2, 0.25) is 0 Å². The van der Waals surface area contributed by atoms with E-state index in [-0.39, 0.29) is 18.1 Å². The number of nitrogens with zero attached hydrogens (tertiary/aromatic N) is 1. The molecule has 92 valence electrons. The van der Waals surface area contributed by atoms with Crippen molar-refractivity contribution in [2.45, 2.75) is 19.8 Å². The summed E-state index contributed by atoms with van der Waals surface area (Å²) in [4.78, 5) is 11.1. The second-order valence-electron chi connectivity index (χ2n) is 3.44. The van der Waals surface area contributed by atoms with Gasteiger partial charge < -0.3 is 15.1 Å².